The van der Waals surface area contributed by atoms with Gasteiger partial charge in [0, 0.05) is 34.2 Å². The van der Waals surface area contributed by atoms with Crippen molar-refractivity contribution in [3.8, 4) is 0 Å². The minimum atomic E-state index is -1.44. The van der Waals surface area contributed by atoms with Crippen molar-refractivity contribution in [2.75, 3.05) is 13.1 Å². The summed E-state index contributed by atoms with van der Waals surface area (Å²) in [6.07, 6.45) is 1.17. The predicted molar refractivity (Wildman–Crippen MR) is 73.5 cm³/mol. The average Bonchev–Trinajstić information content (AvgIpc) is 2.62. The van der Waals surface area contributed by atoms with Gasteiger partial charge in [0.15, 0.2) is 11.2 Å². The van der Waals surface area contributed by atoms with Crippen LogP contribution in [0.1, 0.15) is 33.1 Å². The van der Waals surface area contributed by atoms with E-state index in [1.54, 1.807) is 0 Å². The molecule has 0 unspecified atom stereocenters. The van der Waals surface area contributed by atoms with Crippen LogP contribution >= 0.6 is 0 Å². The summed E-state index contributed by atoms with van der Waals surface area (Å²) in [4.78, 5) is 20.7. The van der Waals surface area contributed by atoms with Gasteiger partial charge in [-0.3, -0.25) is 9.59 Å². The first-order valence-corrected chi connectivity index (χ1v) is 6.91. The quantitative estimate of drug-likeness (QED) is 0.388. The zero-order chi connectivity index (χ0) is 16.3. The molecule has 0 aromatic heterocycles. The summed E-state index contributed by atoms with van der Waals surface area (Å²) in [5.74, 6) is -2.92. The van der Waals surface area contributed by atoms with E-state index >= 15 is 0 Å². The van der Waals surface area contributed by atoms with E-state index in [0.29, 0.717) is 19.5 Å². The van der Waals surface area contributed by atoms with Gasteiger partial charge in [-0.15, -0.1) is 0 Å². The van der Waals surface area contributed by atoms with Crippen molar-refractivity contribution in [3.63, 3.8) is 0 Å². The minimum absolute atomic E-state index is 0. The van der Waals surface area contributed by atoms with E-state index < -0.39 is 23.1 Å². The molecule has 1 aliphatic carbocycles. The molecule has 2 rings (SSSR count). The van der Waals surface area contributed by atoms with Gasteiger partial charge in [-0.1, -0.05) is 0 Å². The van der Waals surface area contributed by atoms with Crippen molar-refractivity contribution >= 4 is 11.9 Å². The van der Waals surface area contributed by atoms with Gasteiger partial charge in [0.05, 0.1) is 0 Å². The molecule has 1 saturated carbocycles. The van der Waals surface area contributed by atoms with E-state index in [-0.39, 0.29) is 46.1 Å². The first-order chi connectivity index (χ1) is 9.68. The monoisotopic (exact) mass is 499 g/mol. The Morgan fingerprint density at radius 3 is 1.55 bits per heavy atom. The maximum atomic E-state index is 10.4. The van der Waals surface area contributed by atoms with Crippen LogP contribution < -0.4 is 11.5 Å². The molecule has 0 bridgehead atoms. The third-order valence-electron chi connectivity index (χ3n) is 3.78. The van der Waals surface area contributed by atoms with E-state index in [4.69, 9.17) is 31.2 Å². The van der Waals surface area contributed by atoms with Crippen molar-refractivity contribution in [1.29, 1.82) is 0 Å². The van der Waals surface area contributed by atoms with Gasteiger partial charge >= 0.3 is 11.9 Å². The van der Waals surface area contributed by atoms with Gasteiger partial charge in [-0.25, -0.2) is 0 Å². The average molecular weight is 499 g/mol. The molecule has 0 aromatic carbocycles. The summed E-state index contributed by atoms with van der Waals surface area (Å²) in [6, 6.07) is 0. The van der Waals surface area contributed by atoms with Gasteiger partial charge in [0.2, 0.25) is 0 Å². The Balaban J connectivity index is 0.000000385. The summed E-state index contributed by atoms with van der Waals surface area (Å²) in [7, 11) is 0. The van der Waals surface area contributed by atoms with E-state index in [1.165, 1.54) is 0 Å². The number of aliphatic carboxylic acids is 2. The fourth-order valence-electron chi connectivity index (χ4n) is 2.36. The molecule has 2 fully saturated rings. The van der Waals surface area contributed by atoms with Gasteiger partial charge in [-0.2, -0.15) is 0 Å². The number of carboxylic acids is 2. The Labute approximate surface area is 143 Å². The Hall–Kier alpha value is -0.532. The number of ether oxygens (including phenoxy) is 2. The number of carbonyl (C=O) groups is 2. The van der Waals surface area contributed by atoms with Crippen LogP contribution in [0, 0.1) is 5.41 Å². The smallest absolute Gasteiger partial charge is 0.321 e. The fraction of sp³-hybridized carbons (Fsp3) is 0.846. The molecule has 22 heavy (non-hydrogen) atoms. The second-order valence-electron chi connectivity index (χ2n) is 5.73. The SMILES string of the molecule is CC1(C)O[C@H](CN)[C@@H](CN)O1.O=C(O)C1(C(=O)O)CCC1.[Pt]. The second-order valence-corrected chi connectivity index (χ2v) is 5.73. The molecule has 0 radical (unpaired) electrons. The van der Waals surface area contributed by atoms with E-state index in [0.717, 1.165) is 0 Å². The van der Waals surface area contributed by atoms with Crippen LogP contribution in [-0.2, 0) is 40.1 Å². The molecule has 0 spiro atoms. The van der Waals surface area contributed by atoms with E-state index in [9.17, 15) is 9.59 Å². The number of nitrogens with two attached hydrogens (primary N) is 2. The third-order valence-corrected chi connectivity index (χ3v) is 3.78. The molecule has 1 heterocycles. The molecule has 2 atom stereocenters. The molecule has 2 aliphatic rings. The Bertz CT molecular complexity index is 370. The fourth-order valence-corrected chi connectivity index (χ4v) is 2.36. The molecule has 6 N–H and O–H groups in total. The number of rotatable bonds is 4. The largest absolute Gasteiger partial charge is 0.480 e. The van der Waals surface area contributed by atoms with Gasteiger partial charge < -0.3 is 31.2 Å². The van der Waals surface area contributed by atoms with Gasteiger partial charge in [0.25, 0.3) is 0 Å². The van der Waals surface area contributed by atoms with Crippen LogP contribution in [0.5, 0.6) is 0 Å². The zero-order valence-corrected chi connectivity index (χ0v) is 15.0. The number of hydrogen-bond donors (Lipinski definition) is 4. The van der Waals surface area contributed by atoms with Gasteiger partial charge in [0.1, 0.15) is 12.2 Å². The molecule has 8 nitrogen and oxygen atoms in total. The Morgan fingerprint density at radius 1 is 1.05 bits per heavy atom. The number of carboxylic acid groups (broad SMARTS) is 2. The first kappa shape index (κ1) is 21.5. The van der Waals surface area contributed by atoms with E-state index in [1.807, 2.05) is 13.8 Å². The van der Waals surface area contributed by atoms with Crippen molar-refractivity contribution in [3.05, 3.63) is 0 Å². The number of hydrogen-bond acceptors (Lipinski definition) is 6. The van der Waals surface area contributed by atoms with Crippen LogP contribution in [0.15, 0.2) is 0 Å². The van der Waals surface area contributed by atoms with Crippen LogP contribution in [0.25, 0.3) is 0 Å². The molecular weight excluding hydrogens is 475 g/mol. The summed E-state index contributed by atoms with van der Waals surface area (Å²) in [6.45, 7) is 4.66. The maximum absolute atomic E-state index is 10.4. The molecule has 1 saturated heterocycles. The zero-order valence-electron chi connectivity index (χ0n) is 12.7. The van der Waals surface area contributed by atoms with Crippen molar-refractivity contribution in [2.24, 2.45) is 16.9 Å². The Morgan fingerprint density at radius 2 is 1.41 bits per heavy atom. The summed E-state index contributed by atoms with van der Waals surface area (Å²) < 4.78 is 10.9. The third kappa shape index (κ3) is 4.73. The molecule has 9 heteroatoms. The summed E-state index contributed by atoms with van der Waals surface area (Å²) in [5, 5.41) is 16.9. The molecular formula is C13H24N2O6Pt. The van der Waals surface area contributed by atoms with Gasteiger partial charge in [-0.05, 0) is 33.1 Å². The molecule has 0 aromatic rings. The molecule has 132 valence electrons. The van der Waals surface area contributed by atoms with E-state index in [2.05, 4.69) is 0 Å². The van der Waals surface area contributed by atoms with Crippen LogP contribution in [-0.4, -0.2) is 53.2 Å². The van der Waals surface area contributed by atoms with Crippen LogP contribution in [0.3, 0.4) is 0 Å². The second kappa shape index (κ2) is 8.36. The molecule has 1 aliphatic heterocycles. The first-order valence-electron chi connectivity index (χ1n) is 6.91. The van der Waals surface area contributed by atoms with Crippen molar-refractivity contribution < 1.29 is 50.3 Å². The topological polar surface area (TPSA) is 145 Å². The standard InChI is InChI=1S/C7H16N2O2.C6H8O4.Pt/c1-7(2)10-5(3-8)6(4-9)11-7;7-4(8)6(5(9)10)2-1-3-6;/h5-6H,3-4,8-9H2,1-2H3;1-3H2,(H,7,8)(H,9,10);/t5-,6-;;/m1../s1. The van der Waals surface area contributed by atoms with Crippen molar-refractivity contribution in [2.45, 2.75) is 51.1 Å². The minimum Gasteiger partial charge on any atom is -0.480 e. The normalized spacial score (nSPS) is 27.6. The maximum Gasteiger partial charge on any atom is 0.321 e. The molecule has 0 amide bonds. The summed E-state index contributed by atoms with van der Waals surface area (Å²) >= 11 is 0. The van der Waals surface area contributed by atoms with Crippen LogP contribution in [0.2, 0.25) is 0 Å². The predicted octanol–water partition coefficient (Wildman–Crippen LogP) is -0.253. The summed E-state index contributed by atoms with van der Waals surface area (Å²) in [5.41, 5.74) is 9.48. The van der Waals surface area contributed by atoms with Crippen molar-refractivity contribution in [1.82, 2.24) is 0 Å². The Kier molecular flexibility index (Phi) is 8.15. The van der Waals surface area contributed by atoms with Crippen LogP contribution in [0.4, 0.5) is 0 Å².